The first-order valence-electron chi connectivity index (χ1n) is 8.61. The van der Waals surface area contributed by atoms with Gasteiger partial charge in [0, 0.05) is 37.4 Å². The summed E-state index contributed by atoms with van der Waals surface area (Å²) in [6.45, 7) is 7.82. The zero-order valence-electron chi connectivity index (χ0n) is 15.0. The van der Waals surface area contributed by atoms with Crippen LogP contribution in [0.3, 0.4) is 0 Å². The van der Waals surface area contributed by atoms with Crippen LogP contribution in [0.5, 0.6) is 0 Å². The van der Waals surface area contributed by atoms with Crippen LogP contribution in [0.25, 0.3) is 0 Å². The molecule has 132 valence electrons. The lowest BCUT2D eigenvalue weighted by Crippen LogP contribution is -2.52. The second-order valence-electron chi connectivity index (χ2n) is 6.47. The first-order chi connectivity index (χ1) is 12.0. The van der Waals surface area contributed by atoms with Crippen LogP contribution >= 0.6 is 0 Å². The Balaban J connectivity index is 1.57. The lowest BCUT2D eigenvalue weighted by Gasteiger charge is -2.34. The first-order valence-corrected chi connectivity index (χ1v) is 8.61. The minimum Gasteiger partial charge on any atom is -0.332 e. The number of aromatic nitrogens is 2. The van der Waals surface area contributed by atoms with Crippen molar-refractivity contribution in [3.8, 4) is 0 Å². The van der Waals surface area contributed by atoms with E-state index in [1.165, 1.54) is 5.56 Å². The van der Waals surface area contributed by atoms with Crippen LogP contribution in [-0.2, 0) is 16.1 Å². The number of aryl methyl sites for hydroxylation is 2. The highest BCUT2D eigenvalue weighted by Gasteiger charge is 2.27. The Bertz CT molecular complexity index is 782. The molecule has 1 aliphatic heterocycles. The normalized spacial score (nSPS) is 14.9. The summed E-state index contributed by atoms with van der Waals surface area (Å²) in [6.07, 6.45) is 0.361. The van der Waals surface area contributed by atoms with Crippen LogP contribution in [0.4, 0.5) is 5.69 Å². The number of hydrogen-bond donors (Lipinski definition) is 0. The van der Waals surface area contributed by atoms with Crippen molar-refractivity contribution in [2.75, 3.05) is 24.5 Å². The lowest BCUT2D eigenvalue weighted by molar-refractivity contribution is -0.137. The van der Waals surface area contributed by atoms with Crippen molar-refractivity contribution in [3.63, 3.8) is 0 Å². The van der Waals surface area contributed by atoms with E-state index in [0.717, 1.165) is 17.1 Å². The Hall–Kier alpha value is -2.63. The van der Waals surface area contributed by atoms with Gasteiger partial charge in [0.1, 0.15) is 6.54 Å². The van der Waals surface area contributed by atoms with Gasteiger partial charge in [-0.15, -0.1) is 0 Å². The van der Waals surface area contributed by atoms with Crippen molar-refractivity contribution >= 4 is 17.5 Å². The van der Waals surface area contributed by atoms with E-state index in [1.54, 1.807) is 9.80 Å². The second-order valence-corrected chi connectivity index (χ2v) is 6.47. The van der Waals surface area contributed by atoms with Gasteiger partial charge >= 0.3 is 0 Å². The molecule has 0 spiro atoms. The molecule has 0 saturated carbocycles. The number of nitrogens with zero attached hydrogens (tertiary/aromatic N) is 4. The fraction of sp³-hybridized carbons (Fsp3) is 0.421. The Morgan fingerprint density at radius 1 is 1.12 bits per heavy atom. The molecule has 6 nitrogen and oxygen atoms in total. The average molecular weight is 340 g/mol. The maximum absolute atomic E-state index is 12.5. The summed E-state index contributed by atoms with van der Waals surface area (Å²) >= 11 is 0. The topological polar surface area (TPSA) is 58.4 Å². The predicted octanol–water partition coefficient (Wildman–Crippen LogP) is 2.07. The maximum Gasteiger partial charge on any atom is 0.246 e. The van der Waals surface area contributed by atoms with Crippen LogP contribution in [-0.4, -0.2) is 46.1 Å². The Morgan fingerprint density at radius 3 is 2.44 bits per heavy atom. The zero-order chi connectivity index (χ0) is 18.0. The van der Waals surface area contributed by atoms with Crippen molar-refractivity contribution in [1.82, 2.24) is 14.7 Å². The van der Waals surface area contributed by atoms with Gasteiger partial charge in [-0.3, -0.25) is 14.3 Å². The molecular weight excluding hydrogens is 316 g/mol. The largest absolute Gasteiger partial charge is 0.332 e. The Morgan fingerprint density at radius 2 is 1.84 bits per heavy atom. The van der Waals surface area contributed by atoms with Crippen LogP contribution in [0, 0.1) is 20.8 Å². The Labute approximate surface area is 148 Å². The van der Waals surface area contributed by atoms with Crippen LogP contribution in [0.15, 0.2) is 30.3 Å². The third kappa shape index (κ3) is 3.57. The molecule has 0 bridgehead atoms. The number of rotatable bonds is 4. The fourth-order valence-corrected chi connectivity index (χ4v) is 3.13. The second kappa shape index (κ2) is 7.09. The number of benzene rings is 1. The molecule has 1 fully saturated rings. The van der Waals surface area contributed by atoms with Gasteiger partial charge in [-0.05, 0) is 38.5 Å². The number of hydrogen-bond acceptors (Lipinski definition) is 3. The monoisotopic (exact) mass is 340 g/mol. The molecule has 2 aromatic rings. The number of piperazine rings is 1. The third-order valence-corrected chi connectivity index (χ3v) is 4.92. The average Bonchev–Trinajstić information content (AvgIpc) is 2.87. The van der Waals surface area contributed by atoms with E-state index in [4.69, 9.17) is 0 Å². The molecule has 0 unspecified atom stereocenters. The number of carbonyl (C=O) groups is 2. The summed E-state index contributed by atoms with van der Waals surface area (Å²) in [5.74, 6) is -0.0287. The number of amides is 2. The molecule has 0 aliphatic carbocycles. The summed E-state index contributed by atoms with van der Waals surface area (Å²) in [4.78, 5) is 28.3. The molecule has 0 radical (unpaired) electrons. The molecule has 1 aromatic carbocycles. The van der Waals surface area contributed by atoms with Gasteiger partial charge in [-0.2, -0.15) is 5.10 Å². The van der Waals surface area contributed by atoms with Crippen LogP contribution < -0.4 is 4.90 Å². The Kier molecular flexibility index (Phi) is 4.88. The maximum atomic E-state index is 12.5. The molecule has 1 aromatic heterocycles. The summed E-state index contributed by atoms with van der Waals surface area (Å²) in [7, 11) is 0. The quantitative estimate of drug-likeness (QED) is 0.856. The smallest absolute Gasteiger partial charge is 0.246 e. The molecule has 2 heterocycles. The molecular formula is C19H24N4O2. The van der Waals surface area contributed by atoms with Crippen molar-refractivity contribution in [2.24, 2.45) is 0 Å². The highest BCUT2D eigenvalue weighted by atomic mass is 16.2. The third-order valence-electron chi connectivity index (χ3n) is 4.92. The molecule has 1 saturated heterocycles. The van der Waals surface area contributed by atoms with Crippen molar-refractivity contribution in [3.05, 3.63) is 47.3 Å². The molecule has 3 rings (SSSR count). The van der Waals surface area contributed by atoms with E-state index in [0.29, 0.717) is 26.1 Å². The van der Waals surface area contributed by atoms with E-state index in [1.807, 2.05) is 55.8 Å². The summed E-state index contributed by atoms with van der Waals surface area (Å²) in [5.41, 5.74) is 4.14. The van der Waals surface area contributed by atoms with E-state index in [2.05, 4.69) is 5.10 Å². The SMILES string of the molecule is Cc1nn(CCC(=O)N2CCN(c3ccccc3)C(=O)C2)c(C)c1C. The van der Waals surface area contributed by atoms with E-state index in [9.17, 15) is 9.59 Å². The molecule has 0 N–H and O–H groups in total. The van der Waals surface area contributed by atoms with Gasteiger partial charge in [0.05, 0.1) is 5.69 Å². The van der Waals surface area contributed by atoms with Crippen LogP contribution in [0.2, 0.25) is 0 Å². The first kappa shape index (κ1) is 17.2. The van der Waals surface area contributed by atoms with E-state index < -0.39 is 0 Å². The molecule has 0 atom stereocenters. The minimum absolute atomic E-state index is 0.00580. The molecule has 1 aliphatic rings. The van der Waals surface area contributed by atoms with Crippen LogP contribution in [0.1, 0.15) is 23.4 Å². The molecule has 25 heavy (non-hydrogen) atoms. The summed E-state index contributed by atoms with van der Waals surface area (Å²) < 4.78 is 1.88. The standard InChI is InChI=1S/C19H24N4O2/c1-14-15(2)20-23(16(14)3)10-9-18(24)21-11-12-22(19(25)13-21)17-7-5-4-6-8-17/h4-8H,9-13H2,1-3H3. The van der Waals surface area contributed by atoms with Gasteiger partial charge in [0.25, 0.3) is 0 Å². The van der Waals surface area contributed by atoms with Crippen molar-refractivity contribution in [1.29, 1.82) is 0 Å². The molecule has 6 heteroatoms. The highest BCUT2D eigenvalue weighted by molar-refractivity contribution is 5.97. The minimum atomic E-state index is -0.0345. The zero-order valence-corrected chi connectivity index (χ0v) is 15.0. The van der Waals surface area contributed by atoms with Gasteiger partial charge in [0.15, 0.2) is 0 Å². The fourth-order valence-electron chi connectivity index (χ4n) is 3.13. The summed E-state index contributed by atoms with van der Waals surface area (Å²) in [5, 5.41) is 4.46. The predicted molar refractivity (Wildman–Crippen MR) is 96.4 cm³/mol. The molecule has 2 amide bonds. The van der Waals surface area contributed by atoms with Gasteiger partial charge in [0.2, 0.25) is 11.8 Å². The number of para-hydroxylation sites is 1. The van der Waals surface area contributed by atoms with Gasteiger partial charge in [-0.25, -0.2) is 0 Å². The summed E-state index contributed by atoms with van der Waals surface area (Å²) in [6, 6.07) is 9.59. The number of carbonyl (C=O) groups excluding carboxylic acids is 2. The highest BCUT2D eigenvalue weighted by Crippen LogP contribution is 2.17. The van der Waals surface area contributed by atoms with E-state index in [-0.39, 0.29) is 18.4 Å². The van der Waals surface area contributed by atoms with Gasteiger partial charge in [-0.1, -0.05) is 18.2 Å². The van der Waals surface area contributed by atoms with Crippen molar-refractivity contribution < 1.29 is 9.59 Å². The number of anilines is 1. The van der Waals surface area contributed by atoms with E-state index >= 15 is 0 Å². The van der Waals surface area contributed by atoms with Crippen molar-refractivity contribution in [2.45, 2.75) is 33.7 Å². The van der Waals surface area contributed by atoms with Gasteiger partial charge < -0.3 is 9.80 Å². The lowest BCUT2D eigenvalue weighted by atomic mass is 10.2.